The highest BCUT2D eigenvalue weighted by Crippen LogP contribution is 2.15. The van der Waals surface area contributed by atoms with Crippen molar-refractivity contribution in [2.75, 3.05) is 0 Å². The lowest BCUT2D eigenvalue weighted by atomic mass is 10.1. The topological polar surface area (TPSA) is 41.5 Å². The van der Waals surface area contributed by atoms with Gasteiger partial charge in [0.2, 0.25) is 0 Å². The molecule has 1 N–H and O–H groups in total. The van der Waals surface area contributed by atoms with Crippen molar-refractivity contribution in [1.82, 2.24) is 5.43 Å². The molecule has 0 radical (unpaired) electrons. The quantitative estimate of drug-likeness (QED) is 0.674. The molecule has 1 aromatic carbocycles. The van der Waals surface area contributed by atoms with Crippen LogP contribution in [0, 0.1) is 13.8 Å². The Balaban J connectivity index is 2.10. The van der Waals surface area contributed by atoms with Gasteiger partial charge < -0.3 is 0 Å². The third kappa shape index (κ3) is 3.29. The van der Waals surface area contributed by atoms with E-state index in [0.717, 1.165) is 16.2 Å². The molecule has 0 aliphatic carbocycles. The molecule has 0 saturated heterocycles. The number of thiophene rings is 1. The number of carbonyl (C=O) groups excluding carboxylic acids is 1. The number of hydrogen-bond donors (Lipinski definition) is 1. The summed E-state index contributed by atoms with van der Waals surface area (Å²) in [7, 11) is 0. The first-order valence-electron chi connectivity index (χ1n) is 6.05. The number of aryl methyl sites for hydroxylation is 2. The van der Waals surface area contributed by atoms with Crippen LogP contribution in [0.25, 0.3) is 0 Å². The van der Waals surface area contributed by atoms with Gasteiger partial charge in [-0.25, -0.2) is 5.43 Å². The molecule has 0 aliphatic heterocycles. The molecule has 2 rings (SSSR count). The van der Waals surface area contributed by atoms with Crippen molar-refractivity contribution in [3.05, 3.63) is 57.3 Å². The molecule has 0 spiro atoms. The molecule has 0 unspecified atom stereocenters. The minimum Gasteiger partial charge on any atom is -0.267 e. The molecule has 3 nitrogen and oxygen atoms in total. The van der Waals surface area contributed by atoms with Gasteiger partial charge in [0.25, 0.3) is 5.91 Å². The van der Waals surface area contributed by atoms with E-state index >= 15 is 0 Å². The van der Waals surface area contributed by atoms with Gasteiger partial charge in [-0.3, -0.25) is 4.79 Å². The number of hydrogen-bond acceptors (Lipinski definition) is 3. The zero-order chi connectivity index (χ0) is 13.8. The number of rotatable bonds is 3. The normalized spacial score (nSPS) is 11.4. The highest BCUT2D eigenvalue weighted by atomic mass is 32.1. The van der Waals surface area contributed by atoms with Crippen molar-refractivity contribution in [2.45, 2.75) is 20.8 Å². The SMILES string of the molecule is C/C(=N\NC(=O)c1ccccc1C)c1ccc(C)s1. The standard InChI is InChI=1S/C15H16N2OS/c1-10-6-4-5-7-13(10)15(18)17-16-12(3)14-9-8-11(2)19-14/h4-9H,1-3H3,(H,17,18)/b16-12+. The van der Waals surface area contributed by atoms with Crippen LogP contribution in [-0.2, 0) is 0 Å². The lowest BCUT2D eigenvalue weighted by Gasteiger charge is -2.04. The molecular weight excluding hydrogens is 256 g/mol. The molecular formula is C15H16N2OS. The first kappa shape index (κ1) is 13.5. The molecule has 0 fully saturated rings. The van der Waals surface area contributed by atoms with Gasteiger partial charge in [0.15, 0.2) is 0 Å². The fraction of sp³-hybridized carbons (Fsp3) is 0.200. The predicted octanol–water partition coefficient (Wildman–Crippen LogP) is 3.52. The van der Waals surface area contributed by atoms with Crippen LogP contribution in [-0.4, -0.2) is 11.6 Å². The van der Waals surface area contributed by atoms with Crippen LogP contribution in [0.3, 0.4) is 0 Å². The highest BCUT2D eigenvalue weighted by Gasteiger charge is 2.07. The molecule has 4 heteroatoms. The van der Waals surface area contributed by atoms with E-state index in [1.54, 1.807) is 17.4 Å². The van der Waals surface area contributed by atoms with Crippen molar-refractivity contribution in [3.8, 4) is 0 Å². The van der Waals surface area contributed by atoms with Crippen LogP contribution in [0.5, 0.6) is 0 Å². The molecule has 0 atom stereocenters. The molecule has 0 aliphatic rings. The molecule has 0 saturated carbocycles. The third-order valence-electron chi connectivity index (χ3n) is 2.81. The number of carbonyl (C=O) groups is 1. The smallest absolute Gasteiger partial charge is 0.267 e. The summed E-state index contributed by atoms with van der Waals surface area (Å²) >= 11 is 1.66. The number of amides is 1. The Kier molecular flexibility index (Phi) is 4.12. The fourth-order valence-electron chi connectivity index (χ4n) is 1.71. The fourth-order valence-corrected chi connectivity index (χ4v) is 2.52. The van der Waals surface area contributed by atoms with E-state index in [9.17, 15) is 4.79 Å². The van der Waals surface area contributed by atoms with Crippen molar-refractivity contribution in [1.29, 1.82) is 0 Å². The van der Waals surface area contributed by atoms with Gasteiger partial charge in [0.1, 0.15) is 0 Å². The molecule has 1 heterocycles. The zero-order valence-electron chi connectivity index (χ0n) is 11.2. The number of nitrogens with zero attached hydrogens (tertiary/aromatic N) is 1. The molecule has 1 amide bonds. The Bertz CT molecular complexity index is 629. The lowest BCUT2D eigenvalue weighted by molar-refractivity contribution is 0.0954. The molecule has 1 aromatic heterocycles. The maximum atomic E-state index is 12.0. The van der Waals surface area contributed by atoms with E-state index in [1.807, 2.05) is 51.1 Å². The molecule has 98 valence electrons. The van der Waals surface area contributed by atoms with E-state index in [1.165, 1.54) is 4.88 Å². The predicted molar refractivity (Wildman–Crippen MR) is 79.9 cm³/mol. The first-order valence-corrected chi connectivity index (χ1v) is 6.86. The van der Waals surface area contributed by atoms with Gasteiger partial charge in [-0.15, -0.1) is 11.3 Å². The van der Waals surface area contributed by atoms with Crippen LogP contribution >= 0.6 is 11.3 Å². The van der Waals surface area contributed by atoms with E-state index < -0.39 is 0 Å². The van der Waals surface area contributed by atoms with E-state index in [-0.39, 0.29) is 5.91 Å². The van der Waals surface area contributed by atoms with Gasteiger partial charge in [-0.2, -0.15) is 5.10 Å². The van der Waals surface area contributed by atoms with E-state index in [0.29, 0.717) is 5.56 Å². The Hall–Kier alpha value is -1.94. The molecule has 0 bridgehead atoms. The van der Waals surface area contributed by atoms with Crippen LogP contribution in [0.2, 0.25) is 0 Å². The maximum absolute atomic E-state index is 12.0. The summed E-state index contributed by atoms with van der Waals surface area (Å²) in [5.41, 5.74) is 5.02. The minimum absolute atomic E-state index is 0.175. The van der Waals surface area contributed by atoms with Crippen molar-refractivity contribution in [3.63, 3.8) is 0 Å². The van der Waals surface area contributed by atoms with Crippen LogP contribution in [0.1, 0.15) is 32.6 Å². The third-order valence-corrected chi connectivity index (χ3v) is 3.92. The van der Waals surface area contributed by atoms with Gasteiger partial charge >= 0.3 is 0 Å². The zero-order valence-corrected chi connectivity index (χ0v) is 12.0. The van der Waals surface area contributed by atoms with Gasteiger partial charge in [0.05, 0.1) is 10.6 Å². The summed E-state index contributed by atoms with van der Waals surface area (Å²) in [5.74, 6) is -0.175. The average Bonchev–Trinajstić information content (AvgIpc) is 2.83. The summed E-state index contributed by atoms with van der Waals surface area (Å²) in [6.07, 6.45) is 0. The number of benzene rings is 1. The lowest BCUT2D eigenvalue weighted by Crippen LogP contribution is -2.20. The Morgan fingerprint density at radius 1 is 1.16 bits per heavy atom. The summed E-state index contributed by atoms with van der Waals surface area (Å²) in [5, 5.41) is 4.15. The van der Waals surface area contributed by atoms with Crippen LogP contribution in [0.15, 0.2) is 41.5 Å². The highest BCUT2D eigenvalue weighted by molar-refractivity contribution is 7.14. The van der Waals surface area contributed by atoms with Crippen LogP contribution in [0.4, 0.5) is 0 Å². The summed E-state index contributed by atoms with van der Waals surface area (Å²) in [6, 6.07) is 11.5. The Morgan fingerprint density at radius 3 is 2.53 bits per heavy atom. The van der Waals surface area contributed by atoms with Crippen molar-refractivity contribution >= 4 is 23.0 Å². The second-order valence-corrected chi connectivity index (χ2v) is 5.65. The van der Waals surface area contributed by atoms with Gasteiger partial charge in [0, 0.05) is 10.4 Å². The Labute approximate surface area is 117 Å². The van der Waals surface area contributed by atoms with Crippen molar-refractivity contribution in [2.24, 2.45) is 5.10 Å². The van der Waals surface area contributed by atoms with E-state index in [4.69, 9.17) is 0 Å². The monoisotopic (exact) mass is 272 g/mol. The second-order valence-electron chi connectivity index (χ2n) is 4.36. The molecule has 19 heavy (non-hydrogen) atoms. The minimum atomic E-state index is -0.175. The largest absolute Gasteiger partial charge is 0.271 e. The maximum Gasteiger partial charge on any atom is 0.271 e. The Morgan fingerprint density at radius 2 is 1.89 bits per heavy atom. The van der Waals surface area contributed by atoms with Crippen molar-refractivity contribution < 1.29 is 4.79 Å². The van der Waals surface area contributed by atoms with Gasteiger partial charge in [-0.1, -0.05) is 18.2 Å². The van der Waals surface area contributed by atoms with E-state index in [2.05, 4.69) is 10.5 Å². The summed E-state index contributed by atoms with van der Waals surface area (Å²) < 4.78 is 0. The summed E-state index contributed by atoms with van der Waals surface area (Å²) in [4.78, 5) is 14.3. The second kappa shape index (κ2) is 5.80. The van der Waals surface area contributed by atoms with Gasteiger partial charge in [-0.05, 0) is 44.5 Å². The number of hydrazone groups is 1. The molecule has 2 aromatic rings. The average molecular weight is 272 g/mol. The summed E-state index contributed by atoms with van der Waals surface area (Å²) in [6.45, 7) is 5.85. The van der Waals surface area contributed by atoms with Crippen LogP contribution < -0.4 is 5.43 Å². The number of nitrogens with one attached hydrogen (secondary N) is 1. The first-order chi connectivity index (χ1) is 9.08.